The van der Waals surface area contributed by atoms with Crippen molar-refractivity contribution in [3.63, 3.8) is 0 Å². The SMILES string of the molecule is O=C(c1sc2ccccc2c1Cl)N1CCN(C2CCS(=O)(=O)C2)CC1. The van der Waals surface area contributed by atoms with Crippen LogP contribution in [0.5, 0.6) is 0 Å². The third-order valence-electron chi connectivity index (χ3n) is 5.06. The Balaban J connectivity index is 1.45. The van der Waals surface area contributed by atoms with Crippen LogP contribution >= 0.6 is 22.9 Å². The summed E-state index contributed by atoms with van der Waals surface area (Å²) in [6, 6.07) is 7.88. The normalized spacial score (nSPS) is 24.0. The van der Waals surface area contributed by atoms with Crippen molar-refractivity contribution < 1.29 is 13.2 Å². The number of amides is 1. The first kappa shape index (κ1) is 17.3. The van der Waals surface area contributed by atoms with Crippen molar-refractivity contribution in [3.8, 4) is 0 Å². The molecular formula is C17H19ClN2O3S2. The predicted octanol–water partition coefficient (Wildman–Crippen LogP) is 2.50. The summed E-state index contributed by atoms with van der Waals surface area (Å²) in [5.74, 6) is 0.516. The summed E-state index contributed by atoms with van der Waals surface area (Å²) in [7, 11) is -2.88. The van der Waals surface area contributed by atoms with Crippen molar-refractivity contribution in [2.45, 2.75) is 12.5 Å². The average Bonchev–Trinajstić information content (AvgIpc) is 3.15. The Morgan fingerprint density at radius 2 is 1.88 bits per heavy atom. The van der Waals surface area contributed by atoms with Crippen LogP contribution in [0.25, 0.3) is 10.1 Å². The highest BCUT2D eigenvalue weighted by molar-refractivity contribution is 7.91. The Kier molecular flexibility index (Phi) is 4.52. The van der Waals surface area contributed by atoms with Gasteiger partial charge in [-0.3, -0.25) is 9.69 Å². The van der Waals surface area contributed by atoms with Crippen LogP contribution in [0.2, 0.25) is 5.02 Å². The lowest BCUT2D eigenvalue weighted by Gasteiger charge is -2.37. The first-order chi connectivity index (χ1) is 11.9. The molecule has 25 heavy (non-hydrogen) atoms. The van der Waals surface area contributed by atoms with E-state index in [1.165, 1.54) is 11.3 Å². The van der Waals surface area contributed by atoms with Gasteiger partial charge in [0.1, 0.15) is 4.88 Å². The number of fused-ring (bicyclic) bond motifs is 1. The second-order valence-electron chi connectivity index (χ2n) is 6.63. The molecule has 134 valence electrons. The Morgan fingerprint density at radius 1 is 1.16 bits per heavy atom. The van der Waals surface area contributed by atoms with Crippen molar-refractivity contribution in [3.05, 3.63) is 34.2 Å². The predicted molar refractivity (Wildman–Crippen MR) is 101 cm³/mol. The molecule has 2 fully saturated rings. The van der Waals surface area contributed by atoms with Gasteiger partial charge < -0.3 is 4.90 Å². The van der Waals surface area contributed by atoms with Crippen molar-refractivity contribution in [2.75, 3.05) is 37.7 Å². The molecule has 3 heterocycles. The van der Waals surface area contributed by atoms with E-state index in [-0.39, 0.29) is 23.5 Å². The van der Waals surface area contributed by atoms with Gasteiger partial charge in [-0.15, -0.1) is 11.3 Å². The minimum atomic E-state index is -2.88. The second kappa shape index (κ2) is 6.54. The minimum Gasteiger partial charge on any atom is -0.335 e. The zero-order chi connectivity index (χ0) is 17.6. The fourth-order valence-corrected chi connectivity index (χ4v) is 6.89. The Morgan fingerprint density at radius 3 is 2.52 bits per heavy atom. The zero-order valence-electron chi connectivity index (χ0n) is 13.7. The quantitative estimate of drug-likeness (QED) is 0.779. The summed E-state index contributed by atoms with van der Waals surface area (Å²) in [6.07, 6.45) is 0.707. The maximum absolute atomic E-state index is 12.9. The van der Waals surface area contributed by atoms with Crippen molar-refractivity contribution in [1.82, 2.24) is 9.80 Å². The van der Waals surface area contributed by atoms with E-state index in [1.54, 1.807) is 0 Å². The summed E-state index contributed by atoms with van der Waals surface area (Å²) in [5, 5.41) is 1.46. The molecule has 8 heteroatoms. The number of piperazine rings is 1. The highest BCUT2D eigenvalue weighted by Crippen LogP contribution is 2.36. The van der Waals surface area contributed by atoms with Gasteiger partial charge in [0.2, 0.25) is 0 Å². The number of carbonyl (C=O) groups is 1. The van der Waals surface area contributed by atoms with Gasteiger partial charge in [0, 0.05) is 42.3 Å². The number of thiophene rings is 1. The summed E-state index contributed by atoms with van der Waals surface area (Å²) < 4.78 is 24.3. The van der Waals surface area contributed by atoms with E-state index in [0.717, 1.165) is 10.1 Å². The number of sulfone groups is 1. The van der Waals surface area contributed by atoms with Crippen LogP contribution in [-0.2, 0) is 9.84 Å². The van der Waals surface area contributed by atoms with Gasteiger partial charge in [-0.2, -0.15) is 0 Å². The maximum atomic E-state index is 12.9. The fourth-order valence-electron chi connectivity index (χ4n) is 3.65. The Labute approximate surface area is 156 Å². The van der Waals surface area contributed by atoms with Crippen molar-refractivity contribution >= 4 is 48.8 Å². The van der Waals surface area contributed by atoms with E-state index in [9.17, 15) is 13.2 Å². The molecule has 0 N–H and O–H groups in total. The van der Waals surface area contributed by atoms with Crippen LogP contribution in [0, 0.1) is 0 Å². The molecule has 1 aromatic carbocycles. The Bertz CT molecular complexity index is 917. The molecule has 5 nitrogen and oxygen atoms in total. The molecule has 0 spiro atoms. The standard InChI is InChI=1S/C17H19ClN2O3S2/c18-15-13-3-1-2-4-14(13)24-16(15)17(21)20-8-6-19(7-9-20)12-5-10-25(22,23)11-12/h1-4,12H,5-11H2. The lowest BCUT2D eigenvalue weighted by Crippen LogP contribution is -2.52. The van der Waals surface area contributed by atoms with Crippen LogP contribution in [0.3, 0.4) is 0 Å². The molecule has 4 rings (SSSR count). The number of nitrogens with zero attached hydrogens (tertiary/aromatic N) is 2. The molecule has 1 atom stereocenters. The molecule has 0 radical (unpaired) electrons. The molecule has 2 saturated heterocycles. The van der Waals surface area contributed by atoms with Gasteiger partial charge in [-0.05, 0) is 12.5 Å². The van der Waals surface area contributed by atoms with Crippen LogP contribution in [-0.4, -0.2) is 67.9 Å². The van der Waals surface area contributed by atoms with E-state index < -0.39 is 9.84 Å². The van der Waals surface area contributed by atoms with Crippen LogP contribution in [0.15, 0.2) is 24.3 Å². The largest absolute Gasteiger partial charge is 0.335 e. The number of benzene rings is 1. The Hall–Kier alpha value is -1.15. The van der Waals surface area contributed by atoms with Crippen molar-refractivity contribution in [2.24, 2.45) is 0 Å². The summed E-state index contributed by atoms with van der Waals surface area (Å²) in [4.78, 5) is 17.5. The van der Waals surface area contributed by atoms with E-state index >= 15 is 0 Å². The summed E-state index contributed by atoms with van der Waals surface area (Å²) in [6.45, 7) is 2.66. The summed E-state index contributed by atoms with van der Waals surface area (Å²) in [5.41, 5.74) is 0. The molecule has 0 bridgehead atoms. The maximum Gasteiger partial charge on any atom is 0.265 e. The van der Waals surface area contributed by atoms with E-state index in [2.05, 4.69) is 4.90 Å². The van der Waals surface area contributed by atoms with Gasteiger partial charge in [-0.1, -0.05) is 29.8 Å². The highest BCUT2D eigenvalue weighted by Gasteiger charge is 2.35. The van der Waals surface area contributed by atoms with E-state index in [1.807, 2.05) is 29.2 Å². The molecule has 1 aromatic heterocycles. The first-order valence-corrected chi connectivity index (χ1v) is 11.4. The summed E-state index contributed by atoms with van der Waals surface area (Å²) >= 11 is 7.86. The highest BCUT2D eigenvalue weighted by atomic mass is 35.5. The van der Waals surface area contributed by atoms with Crippen LogP contribution in [0.4, 0.5) is 0 Å². The lowest BCUT2D eigenvalue weighted by atomic mass is 10.2. The van der Waals surface area contributed by atoms with Gasteiger partial charge in [0.15, 0.2) is 9.84 Å². The van der Waals surface area contributed by atoms with Gasteiger partial charge in [-0.25, -0.2) is 8.42 Å². The molecule has 2 aliphatic rings. The third-order valence-corrected chi connectivity index (χ3v) is 8.47. The molecular weight excluding hydrogens is 380 g/mol. The number of hydrogen-bond donors (Lipinski definition) is 0. The monoisotopic (exact) mass is 398 g/mol. The molecule has 1 unspecified atom stereocenters. The zero-order valence-corrected chi connectivity index (χ0v) is 16.0. The number of carbonyl (C=O) groups excluding carboxylic acids is 1. The smallest absolute Gasteiger partial charge is 0.265 e. The number of halogens is 1. The topological polar surface area (TPSA) is 57.7 Å². The third kappa shape index (κ3) is 3.30. The second-order valence-corrected chi connectivity index (χ2v) is 10.3. The molecule has 2 aliphatic heterocycles. The average molecular weight is 399 g/mol. The van der Waals surface area contributed by atoms with E-state index in [4.69, 9.17) is 11.6 Å². The van der Waals surface area contributed by atoms with Crippen LogP contribution in [0.1, 0.15) is 16.1 Å². The first-order valence-electron chi connectivity index (χ1n) is 8.35. The molecule has 2 aromatic rings. The van der Waals surface area contributed by atoms with Crippen LogP contribution < -0.4 is 0 Å². The lowest BCUT2D eigenvalue weighted by molar-refractivity contribution is 0.0592. The molecule has 1 amide bonds. The number of rotatable bonds is 2. The minimum absolute atomic E-state index is 0.0232. The van der Waals surface area contributed by atoms with Gasteiger partial charge >= 0.3 is 0 Å². The van der Waals surface area contributed by atoms with Crippen molar-refractivity contribution in [1.29, 1.82) is 0 Å². The van der Waals surface area contributed by atoms with Gasteiger partial charge in [0.25, 0.3) is 5.91 Å². The number of hydrogen-bond acceptors (Lipinski definition) is 5. The fraction of sp³-hybridized carbons (Fsp3) is 0.471. The van der Waals surface area contributed by atoms with E-state index in [0.29, 0.717) is 42.5 Å². The molecule has 0 aliphatic carbocycles. The molecule has 0 saturated carbocycles. The van der Waals surface area contributed by atoms with Gasteiger partial charge in [0.05, 0.1) is 16.5 Å².